The first-order valence-electron chi connectivity index (χ1n) is 6.93. The number of rotatable bonds is 3. The topological polar surface area (TPSA) is 23.6 Å². The summed E-state index contributed by atoms with van der Waals surface area (Å²) in [6.45, 7) is 6.67. The molecule has 1 aliphatic heterocycles. The first-order chi connectivity index (χ1) is 9.50. The fourth-order valence-corrected chi connectivity index (χ4v) is 2.63. The monoisotopic (exact) mass is 342 g/mol. The number of hydrogen-bond donors (Lipinski definition) is 0. The maximum atomic E-state index is 13.7. The van der Waals surface area contributed by atoms with Crippen molar-refractivity contribution in [2.24, 2.45) is 5.92 Å². The molecule has 1 heterocycles. The summed E-state index contributed by atoms with van der Waals surface area (Å²) in [7, 11) is 0. The third-order valence-corrected chi connectivity index (χ3v) is 5.05. The Balaban J connectivity index is 1.96. The summed E-state index contributed by atoms with van der Waals surface area (Å²) in [6, 6.07) is 6.79. The Morgan fingerprint density at radius 3 is 2.35 bits per heavy atom. The number of carbonyl (C=O) groups is 1. The minimum Gasteiger partial charge on any atom is -0.366 e. The Labute approximate surface area is 127 Å². The summed E-state index contributed by atoms with van der Waals surface area (Å²) in [5, 5.41) is 0. The van der Waals surface area contributed by atoms with E-state index >= 15 is 0 Å². The molecule has 0 spiro atoms. The summed E-state index contributed by atoms with van der Waals surface area (Å²) < 4.78 is 13.7. The van der Waals surface area contributed by atoms with Gasteiger partial charge in [-0.1, -0.05) is 41.9 Å². The van der Waals surface area contributed by atoms with E-state index in [2.05, 4.69) is 15.9 Å². The van der Waals surface area contributed by atoms with E-state index in [4.69, 9.17) is 0 Å². The molecule has 0 bridgehead atoms. The number of alkyl halides is 1. The van der Waals surface area contributed by atoms with Crippen molar-refractivity contribution < 1.29 is 9.18 Å². The van der Waals surface area contributed by atoms with E-state index in [9.17, 15) is 9.18 Å². The van der Waals surface area contributed by atoms with Gasteiger partial charge in [0.1, 0.15) is 5.82 Å². The van der Waals surface area contributed by atoms with E-state index < -0.39 is 0 Å². The molecule has 5 heteroatoms. The number of halogens is 2. The highest BCUT2D eigenvalue weighted by atomic mass is 79.9. The molecule has 1 aromatic rings. The molecule has 0 aromatic heterocycles. The first-order valence-corrected chi connectivity index (χ1v) is 7.84. The summed E-state index contributed by atoms with van der Waals surface area (Å²) in [5.74, 6) is 0.202. The van der Waals surface area contributed by atoms with E-state index in [1.165, 1.54) is 6.07 Å². The van der Waals surface area contributed by atoms with Gasteiger partial charge in [0.15, 0.2) is 0 Å². The van der Waals surface area contributed by atoms with Crippen LogP contribution < -0.4 is 4.90 Å². The molecule has 20 heavy (non-hydrogen) atoms. The van der Waals surface area contributed by atoms with Crippen LogP contribution in [0, 0.1) is 11.7 Å². The molecule has 0 aliphatic carbocycles. The predicted molar refractivity (Wildman–Crippen MR) is 82.7 cm³/mol. The van der Waals surface area contributed by atoms with Crippen molar-refractivity contribution in [2.75, 3.05) is 31.1 Å². The molecule has 3 nitrogen and oxygen atoms in total. The van der Waals surface area contributed by atoms with Gasteiger partial charge >= 0.3 is 0 Å². The second kappa shape index (κ2) is 6.57. The lowest BCUT2D eigenvalue weighted by Crippen LogP contribution is -2.51. The number of carbonyl (C=O) groups excluding carboxylic acids is 1. The van der Waals surface area contributed by atoms with Crippen molar-refractivity contribution in [2.45, 2.75) is 18.7 Å². The van der Waals surface area contributed by atoms with E-state index in [-0.39, 0.29) is 22.5 Å². The predicted octanol–water partition coefficient (Wildman–Crippen LogP) is 2.89. The Bertz CT molecular complexity index is 473. The van der Waals surface area contributed by atoms with Gasteiger partial charge in [0.2, 0.25) is 5.91 Å². The van der Waals surface area contributed by atoms with Gasteiger partial charge in [-0.15, -0.1) is 0 Å². The normalized spacial score (nSPS) is 17.4. The average molecular weight is 343 g/mol. The largest absolute Gasteiger partial charge is 0.366 e. The van der Waals surface area contributed by atoms with E-state index in [0.29, 0.717) is 31.9 Å². The molecule has 0 saturated carbocycles. The van der Waals surface area contributed by atoms with Gasteiger partial charge in [-0.05, 0) is 18.1 Å². The third kappa shape index (κ3) is 3.32. The van der Waals surface area contributed by atoms with Crippen molar-refractivity contribution in [1.82, 2.24) is 4.90 Å². The summed E-state index contributed by atoms with van der Waals surface area (Å²) in [5.41, 5.74) is 0.624. The van der Waals surface area contributed by atoms with Crippen LogP contribution >= 0.6 is 15.9 Å². The summed E-state index contributed by atoms with van der Waals surface area (Å²) >= 11 is 3.45. The van der Waals surface area contributed by atoms with Gasteiger partial charge in [0.25, 0.3) is 0 Å². The SMILES string of the molecule is CC(C)C(Br)C(=O)N1CCN(c2ccccc2F)CC1. The van der Waals surface area contributed by atoms with Crippen LogP contribution in [0.5, 0.6) is 0 Å². The lowest BCUT2D eigenvalue weighted by Gasteiger charge is -2.37. The van der Waals surface area contributed by atoms with Crippen LogP contribution in [0.3, 0.4) is 0 Å². The molecule has 1 aromatic carbocycles. The zero-order valence-electron chi connectivity index (χ0n) is 11.9. The molecule has 1 saturated heterocycles. The van der Waals surface area contributed by atoms with Crippen LogP contribution in [0.4, 0.5) is 10.1 Å². The van der Waals surface area contributed by atoms with Crippen molar-refractivity contribution in [1.29, 1.82) is 0 Å². The van der Waals surface area contributed by atoms with Crippen LogP contribution in [0.15, 0.2) is 24.3 Å². The van der Waals surface area contributed by atoms with Crippen molar-refractivity contribution in [3.8, 4) is 0 Å². The number of nitrogens with zero attached hydrogens (tertiary/aromatic N) is 2. The second-order valence-electron chi connectivity index (χ2n) is 5.41. The molecule has 2 rings (SSSR count). The van der Waals surface area contributed by atoms with Crippen LogP contribution in [0.1, 0.15) is 13.8 Å². The molecule has 1 aliphatic rings. The van der Waals surface area contributed by atoms with Gasteiger partial charge in [-0.2, -0.15) is 0 Å². The van der Waals surface area contributed by atoms with Gasteiger partial charge in [0.05, 0.1) is 10.5 Å². The Morgan fingerprint density at radius 2 is 1.80 bits per heavy atom. The molecule has 1 atom stereocenters. The van der Waals surface area contributed by atoms with E-state index in [1.54, 1.807) is 12.1 Å². The van der Waals surface area contributed by atoms with E-state index in [0.717, 1.165) is 0 Å². The van der Waals surface area contributed by atoms with Crippen molar-refractivity contribution in [3.05, 3.63) is 30.1 Å². The fraction of sp³-hybridized carbons (Fsp3) is 0.533. The summed E-state index contributed by atoms with van der Waals surface area (Å²) in [4.78, 5) is 16.0. The quantitative estimate of drug-likeness (QED) is 0.788. The second-order valence-corrected chi connectivity index (χ2v) is 6.40. The summed E-state index contributed by atoms with van der Waals surface area (Å²) in [6.07, 6.45) is 0. The zero-order chi connectivity index (χ0) is 14.7. The maximum absolute atomic E-state index is 13.7. The van der Waals surface area contributed by atoms with Crippen molar-refractivity contribution in [3.63, 3.8) is 0 Å². The van der Waals surface area contributed by atoms with E-state index in [1.807, 2.05) is 29.7 Å². The number of hydrogen-bond acceptors (Lipinski definition) is 2. The van der Waals surface area contributed by atoms with Crippen LogP contribution in [-0.2, 0) is 4.79 Å². The molecule has 1 amide bonds. The van der Waals surface area contributed by atoms with Gasteiger partial charge in [-0.3, -0.25) is 4.79 Å². The molecular weight excluding hydrogens is 323 g/mol. The number of para-hydroxylation sites is 1. The molecule has 0 radical (unpaired) electrons. The molecule has 0 N–H and O–H groups in total. The van der Waals surface area contributed by atoms with Crippen LogP contribution in [0.2, 0.25) is 0 Å². The van der Waals surface area contributed by atoms with Crippen molar-refractivity contribution >= 4 is 27.5 Å². The number of benzene rings is 1. The molecule has 1 unspecified atom stereocenters. The number of amides is 1. The standard InChI is InChI=1S/C15H20BrFN2O/c1-11(2)14(16)15(20)19-9-7-18(8-10-19)13-6-4-3-5-12(13)17/h3-6,11,14H,7-10H2,1-2H3. The molecule has 110 valence electrons. The zero-order valence-corrected chi connectivity index (χ0v) is 13.4. The number of anilines is 1. The number of piperazine rings is 1. The molecule has 1 fully saturated rings. The van der Waals surface area contributed by atoms with Gasteiger partial charge in [0, 0.05) is 26.2 Å². The Hall–Kier alpha value is -1.10. The van der Waals surface area contributed by atoms with Gasteiger partial charge in [-0.25, -0.2) is 4.39 Å². The minimum atomic E-state index is -0.201. The highest BCUT2D eigenvalue weighted by Crippen LogP contribution is 2.21. The lowest BCUT2D eigenvalue weighted by atomic mass is 10.1. The maximum Gasteiger partial charge on any atom is 0.236 e. The smallest absolute Gasteiger partial charge is 0.236 e. The highest BCUT2D eigenvalue weighted by molar-refractivity contribution is 9.10. The Kier molecular flexibility index (Phi) is 5.02. The third-order valence-electron chi connectivity index (χ3n) is 3.61. The van der Waals surface area contributed by atoms with Crippen LogP contribution in [0.25, 0.3) is 0 Å². The Morgan fingerprint density at radius 1 is 1.20 bits per heavy atom. The fourth-order valence-electron chi connectivity index (χ4n) is 2.34. The molecular formula is C15H20BrFN2O. The highest BCUT2D eigenvalue weighted by Gasteiger charge is 2.28. The lowest BCUT2D eigenvalue weighted by molar-refractivity contribution is -0.131. The first kappa shape index (κ1) is 15.3. The van der Waals surface area contributed by atoms with Crippen LogP contribution in [-0.4, -0.2) is 41.8 Å². The minimum absolute atomic E-state index is 0.133. The van der Waals surface area contributed by atoms with Gasteiger partial charge < -0.3 is 9.80 Å². The average Bonchev–Trinajstić information content (AvgIpc) is 2.46.